The minimum Gasteiger partial charge on any atom is -0.268 e. The van der Waals surface area contributed by atoms with Crippen molar-refractivity contribution >= 4 is 43.2 Å². The Morgan fingerprint density at radius 2 is 1.77 bits per heavy atom. The summed E-state index contributed by atoms with van der Waals surface area (Å²) in [5.41, 5.74) is 0.146. The number of carbonyl (C=O) groups excluding carboxylic acids is 1. The molecule has 0 aromatic heterocycles. The monoisotopic (exact) mass is 472 g/mol. The van der Waals surface area contributed by atoms with Crippen LogP contribution in [-0.4, -0.2) is 45.9 Å². The highest BCUT2D eigenvalue weighted by Crippen LogP contribution is 2.36. The van der Waals surface area contributed by atoms with Gasteiger partial charge in [0.1, 0.15) is 5.82 Å². The molecule has 160 valence electrons. The molecule has 0 aliphatic carbocycles. The number of hydrogen-bond donors (Lipinski definition) is 0. The van der Waals surface area contributed by atoms with E-state index in [1.807, 2.05) is 0 Å². The molecule has 30 heavy (non-hydrogen) atoms. The highest BCUT2D eigenvalue weighted by atomic mass is 35.5. The van der Waals surface area contributed by atoms with Gasteiger partial charge in [0.25, 0.3) is 15.9 Å². The van der Waals surface area contributed by atoms with Crippen LogP contribution in [0.3, 0.4) is 0 Å². The second kappa shape index (κ2) is 7.68. The van der Waals surface area contributed by atoms with Gasteiger partial charge in [-0.2, -0.15) is 0 Å². The molecular weight excluding hydrogens is 455 g/mol. The van der Waals surface area contributed by atoms with E-state index >= 15 is 0 Å². The van der Waals surface area contributed by atoms with E-state index < -0.39 is 54.9 Å². The van der Waals surface area contributed by atoms with Gasteiger partial charge in [0.05, 0.1) is 40.0 Å². The van der Waals surface area contributed by atoms with Crippen LogP contribution in [0, 0.1) is 12.7 Å². The van der Waals surface area contributed by atoms with Crippen LogP contribution in [0.25, 0.3) is 0 Å². The molecule has 3 rings (SSSR count). The molecule has 7 nitrogen and oxygen atoms in total. The smallest absolute Gasteiger partial charge is 0.268 e. The van der Waals surface area contributed by atoms with Crippen molar-refractivity contribution in [2.75, 3.05) is 17.1 Å². The maximum Gasteiger partial charge on any atom is 0.269 e. The van der Waals surface area contributed by atoms with Crippen molar-refractivity contribution in [2.24, 2.45) is 0 Å². The Morgan fingerprint density at radius 1 is 1.17 bits per heavy atom. The van der Waals surface area contributed by atoms with Gasteiger partial charge in [0.15, 0.2) is 0 Å². The summed E-state index contributed by atoms with van der Waals surface area (Å²) in [6, 6.07) is 6.40. The molecule has 1 aliphatic rings. The average Bonchev–Trinajstić information content (AvgIpc) is 2.77. The molecule has 0 bridgehead atoms. The van der Waals surface area contributed by atoms with E-state index in [9.17, 15) is 26.0 Å². The first kappa shape index (κ1) is 22.3. The number of nitrogens with zero attached hydrogens (tertiary/aromatic N) is 2. The first-order chi connectivity index (χ1) is 13.9. The van der Waals surface area contributed by atoms with Gasteiger partial charge in [0, 0.05) is 0 Å². The lowest BCUT2D eigenvalue weighted by molar-refractivity contribution is 0.0864. The molecule has 2 aromatic carbocycles. The molecule has 1 amide bonds. The molecule has 1 aliphatic heterocycles. The van der Waals surface area contributed by atoms with E-state index in [1.54, 1.807) is 19.1 Å². The summed E-state index contributed by atoms with van der Waals surface area (Å²) >= 11 is 5.82. The topological polar surface area (TPSA) is 91.8 Å². The summed E-state index contributed by atoms with van der Waals surface area (Å²) in [7, 11) is -8.38. The first-order valence-electron chi connectivity index (χ1n) is 8.62. The third kappa shape index (κ3) is 3.82. The van der Waals surface area contributed by atoms with Crippen molar-refractivity contribution in [3.63, 3.8) is 0 Å². The van der Waals surface area contributed by atoms with Crippen LogP contribution in [0.1, 0.15) is 15.9 Å². The second-order valence-electron chi connectivity index (χ2n) is 6.80. The van der Waals surface area contributed by atoms with Gasteiger partial charge in [-0.1, -0.05) is 35.4 Å². The Morgan fingerprint density at radius 3 is 2.30 bits per heavy atom. The van der Waals surface area contributed by atoms with E-state index in [4.69, 9.17) is 11.6 Å². The highest BCUT2D eigenvalue weighted by Gasteiger charge is 2.41. The van der Waals surface area contributed by atoms with Gasteiger partial charge in [-0.25, -0.2) is 25.5 Å². The van der Waals surface area contributed by atoms with Gasteiger partial charge >= 0.3 is 0 Å². The zero-order valence-corrected chi connectivity index (χ0v) is 18.4. The fourth-order valence-electron chi connectivity index (χ4n) is 3.17. The largest absolute Gasteiger partial charge is 0.269 e. The van der Waals surface area contributed by atoms with Crippen molar-refractivity contribution in [3.8, 4) is 0 Å². The lowest BCUT2D eigenvalue weighted by Crippen LogP contribution is -2.46. The van der Waals surface area contributed by atoms with Crippen molar-refractivity contribution in [2.45, 2.75) is 17.9 Å². The second-order valence-corrected chi connectivity index (χ2v) is 10.9. The number of halogens is 2. The molecule has 0 radical (unpaired) electrons. The standard InChI is InChI=1S/C19H18ClFN2O5S2/c1-4-13-11-22(30(27,28)14-7-5-12(2)6-8-14)19(24)15-9-17(21)16(20)10-18(15)23(13)29(3,25)26/h4-10,13H,1,11H2,2-3H3/t13-/m1/s1. The third-order valence-electron chi connectivity index (χ3n) is 4.63. The van der Waals surface area contributed by atoms with Crippen LogP contribution in [0.15, 0.2) is 53.9 Å². The minimum atomic E-state index is -4.37. The predicted molar refractivity (Wildman–Crippen MR) is 112 cm³/mol. The average molecular weight is 473 g/mol. The molecule has 0 saturated carbocycles. The van der Waals surface area contributed by atoms with Crippen molar-refractivity contribution in [3.05, 3.63) is 71.0 Å². The number of amides is 1. The van der Waals surface area contributed by atoms with Crippen LogP contribution in [0.5, 0.6) is 0 Å². The number of anilines is 1. The summed E-state index contributed by atoms with van der Waals surface area (Å²) in [6.45, 7) is 4.81. The van der Waals surface area contributed by atoms with Crippen LogP contribution in [0.2, 0.25) is 5.02 Å². The molecule has 0 spiro atoms. The van der Waals surface area contributed by atoms with Gasteiger partial charge in [-0.05, 0) is 31.2 Å². The lowest BCUT2D eigenvalue weighted by Gasteiger charge is -2.29. The maximum atomic E-state index is 14.2. The van der Waals surface area contributed by atoms with E-state index in [0.717, 1.165) is 28.3 Å². The van der Waals surface area contributed by atoms with E-state index in [2.05, 4.69) is 6.58 Å². The number of hydrogen-bond acceptors (Lipinski definition) is 5. The van der Waals surface area contributed by atoms with Crippen molar-refractivity contribution < 1.29 is 26.0 Å². The number of aryl methyl sites for hydroxylation is 1. The number of sulfonamides is 2. The number of benzene rings is 2. The molecule has 0 unspecified atom stereocenters. The van der Waals surface area contributed by atoms with Crippen LogP contribution >= 0.6 is 11.6 Å². The summed E-state index contributed by atoms with van der Waals surface area (Å²) in [6.07, 6.45) is 2.09. The number of fused-ring (bicyclic) bond motifs is 1. The quantitative estimate of drug-likeness (QED) is 0.638. The lowest BCUT2D eigenvalue weighted by atomic mass is 10.1. The Bertz CT molecular complexity index is 1240. The fraction of sp³-hybridized carbons (Fsp3) is 0.211. The fourth-order valence-corrected chi connectivity index (χ4v) is 5.88. The zero-order chi connectivity index (χ0) is 22.4. The Labute approximate surface area is 179 Å². The van der Waals surface area contributed by atoms with E-state index in [0.29, 0.717) is 4.31 Å². The Kier molecular flexibility index (Phi) is 5.70. The molecule has 0 N–H and O–H groups in total. The summed E-state index contributed by atoms with van der Waals surface area (Å²) < 4.78 is 67.0. The van der Waals surface area contributed by atoms with E-state index in [-0.39, 0.29) is 10.6 Å². The number of rotatable bonds is 4. The minimum absolute atomic E-state index is 0.159. The summed E-state index contributed by atoms with van der Waals surface area (Å²) in [5.74, 6) is -2.05. The van der Waals surface area contributed by atoms with E-state index in [1.165, 1.54) is 18.2 Å². The zero-order valence-electron chi connectivity index (χ0n) is 16.0. The van der Waals surface area contributed by atoms with Crippen molar-refractivity contribution in [1.82, 2.24) is 4.31 Å². The van der Waals surface area contributed by atoms with Gasteiger partial charge in [-0.15, -0.1) is 6.58 Å². The molecule has 2 aromatic rings. The van der Waals surface area contributed by atoms with Crippen LogP contribution < -0.4 is 4.31 Å². The SMILES string of the molecule is C=C[C@@H]1CN(S(=O)(=O)c2ccc(C)cc2)C(=O)c2cc(F)c(Cl)cc2N1S(C)(=O)=O. The summed E-state index contributed by atoms with van der Waals surface area (Å²) in [5, 5.41) is -0.409. The molecule has 1 atom stereocenters. The highest BCUT2D eigenvalue weighted by molar-refractivity contribution is 7.92. The van der Waals surface area contributed by atoms with Crippen LogP contribution in [0.4, 0.5) is 10.1 Å². The van der Waals surface area contributed by atoms with Crippen molar-refractivity contribution in [1.29, 1.82) is 0 Å². The normalized spacial score (nSPS) is 17.5. The molecular formula is C19H18ClFN2O5S2. The maximum absolute atomic E-state index is 14.2. The summed E-state index contributed by atoms with van der Waals surface area (Å²) in [4.78, 5) is 13.0. The van der Waals surface area contributed by atoms with Gasteiger partial charge < -0.3 is 0 Å². The third-order valence-corrected chi connectivity index (χ3v) is 7.86. The molecule has 0 fully saturated rings. The number of carbonyl (C=O) groups is 1. The van der Waals surface area contributed by atoms with Gasteiger partial charge in [-0.3, -0.25) is 9.10 Å². The first-order valence-corrected chi connectivity index (χ1v) is 12.3. The Hall–Kier alpha value is -2.43. The predicted octanol–water partition coefficient (Wildman–Crippen LogP) is 2.95. The molecule has 0 saturated heterocycles. The van der Waals surface area contributed by atoms with Crippen LogP contribution in [-0.2, 0) is 20.0 Å². The van der Waals surface area contributed by atoms with Gasteiger partial charge in [0.2, 0.25) is 10.0 Å². The Balaban J connectivity index is 2.29. The molecule has 1 heterocycles. The molecule has 11 heteroatoms.